The molecule has 6 rings (SSSR count). The van der Waals surface area contributed by atoms with Crippen LogP contribution in [0, 0.1) is 0 Å². The standard InChI is InChI=1S/C24H28ClN7O5S2/c1-30-7-6-18-19(13-30)37-22(27-18)23(33)32-9-8-31(12-16(32)3-5-20-28-24(34)38-29-20)39(35,36)21-11-14-10-15(25)2-4-17(14)26-21/h2,4,10-11,16,20,26,29H,3,5-9,12-13H2,1H3,(H,28,34). The van der Waals surface area contributed by atoms with Crippen LogP contribution in [0.1, 0.15) is 35.0 Å². The third kappa shape index (κ3) is 5.28. The minimum absolute atomic E-state index is 0.0342. The van der Waals surface area contributed by atoms with Gasteiger partial charge in [-0.1, -0.05) is 11.6 Å². The number of aromatic amines is 1. The second-order valence-electron chi connectivity index (χ2n) is 10.0. The summed E-state index contributed by atoms with van der Waals surface area (Å²) >= 11 is 7.07. The van der Waals surface area contributed by atoms with Gasteiger partial charge >= 0.3 is 5.91 Å². The van der Waals surface area contributed by atoms with Gasteiger partial charge in [-0.3, -0.25) is 14.5 Å². The van der Waals surface area contributed by atoms with E-state index in [1.807, 2.05) is 7.05 Å². The fourth-order valence-corrected chi connectivity index (χ4v) is 7.56. The zero-order valence-electron chi connectivity index (χ0n) is 21.1. The van der Waals surface area contributed by atoms with E-state index < -0.39 is 16.1 Å². The van der Waals surface area contributed by atoms with Crippen molar-refractivity contribution >= 4 is 55.6 Å². The molecule has 12 nitrogen and oxygen atoms in total. The van der Waals surface area contributed by atoms with Gasteiger partial charge in [0.1, 0.15) is 10.8 Å². The van der Waals surface area contributed by atoms with E-state index in [1.54, 1.807) is 29.2 Å². The lowest BCUT2D eigenvalue weighted by atomic mass is 10.1. The number of piperazine rings is 1. The molecular weight excluding hydrogens is 566 g/mol. The molecule has 3 aromatic rings. The summed E-state index contributed by atoms with van der Waals surface area (Å²) in [7, 11) is -1.89. The van der Waals surface area contributed by atoms with Crippen molar-refractivity contribution in [3.8, 4) is 0 Å². The van der Waals surface area contributed by atoms with Gasteiger partial charge in [-0.2, -0.15) is 4.31 Å². The molecule has 3 aliphatic heterocycles. The number of nitrogens with one attached hydrogen (secondary N) is 3. The van der Waals surface area contributed by atoms with Crippen LogP contribution >= 0.6 is 23.5 Å². The Balaban J connectivity index is 1.24. The molecule has 208 valence electrons. The monoisotopic (exact) mass is 593 g/mol. The predicted octanol–water partition coefficient (Wildman–Crippen LogP) is 2.38. The van der Waals surface area contributed by atoms with Gasteiger partial charge in [-0.25, -0.2) is 18.1 Å². The van der Waals surface area contributed by atoms with Gasteiger partial charge in [0.05, 0.1) is 18.4 Å². The molecule has 2 atom stereocenters. The topological polar surface area (TPSA) is 144 Å². The van der Waals surface area contributed by atoms with Gasteiger partial charge in [-0.05, 0) is 44.2 Å². The predicted molar refractivity (Wildman–Crippen MR) is 146 cm³/mol. The lowest BCUT2D eigenvalue weighted by Gasteiger charge is -2.40. The van der Waals surface area contributed by atoms with Crippen LogP contribution in [0.25, 0.3) is 10.9 Å². The first kappa shape index (κ1) is 26.6. The van der Waals surface area contributed by atoms with Crippen molar-refractivity contribution in [2.24, 2.45) is 0 Å². The highest BCUT2D eigenvalue weighted by molar-refractivity contribution is 8.12. The summed E-state index contributed by atoms with van der Waals surface area (Å²) in [5, 5.41) is 3.94. The van der Waals surface area contributed by atoms with E-state index in [2.05, 4.69) is 24.9 Å². The van der Waals surface area contributed by atoms with Crippen molar-refractivity contribution in [1.29, 1.82) is 0 Å². The summed E-state index contributed by atoms with van der Waals surface area (Å²) in [6, 6.07) is 6.28. The van der Waals surface area contributed by atoms with Crippen molar-refractivity contribution in [1.82, 2.24) is 34.1 Å². The van der Waals surface area contributed by atoms with Crippen molar-refractivity contribution < 1.29 is 22.4 Å². The molecule has 2 saturated heterocycles. The Hall–Kier alpha value is -2.62. The van der Waals surface area contributed by atoms with Gasteiger partial charge in [0.15, 0.2) is 0 Å². The average molecular weight is 594 g/mol. The van der Waals surface area contributed by atoms with Crippen LogP contribution in [0.5, 0.6) is 0 Å². The van der Waals surface area contributed by atoms with Crippen LogP contribution in [-0.2, 0) is 23.0 Å². The largest absolute Gasteiger partial charge is 0.436 e. The maximum absolute atomic E-state index is 13.7. The summed E-state index contributed by atoms with van der Waals surface area (Å²) < 4.78 is 37.6. The molecule has 39 heavy (non-hydrogen) atoms. The Kier molecular flexibility index (Phi) is 7.10. The Labute approximate surface area is 234 Å². The number of nitrogens with zero attached hydrogens (tertiary/aromatic N) is 4. The molecule has 0 bridgehead atoms. The number of oxazole rings is 1. The minimum atomic E-state index is -3.88. The molecule has 1 aromatic carbocycles. The summed E-state index contributed by atoms with van der Waals surface area (Å²) in [5.74, 6) is 0.373. The van der Waals surface area contributed by atoms with Gasteiger partial charge in [0, 0.05) is 66.5 Å². The van der Waals surface area contributed by atoms with E-state index in [-0.39, 0.29) is 47.9 Å². The molecule has 0 saturated carbocycles. The molecule has 2 amide bonds. The van der Waals surface area contributed by atoms with Crippen LogP contribution < -0.4 is 10.0 Å². The first-order valence-electron chi connectivity index (χ1n) is 12.7. The molecule has 3 N–H and O–H groups in total. The van der Waals surface area contributed by atoms with E-state index in [0.717, 1.165) is 24.2 Å². The zero-order valence-corrected chi connectivity index (χ0v) is 23.5. The first-order chi connectivity index (χ1) is 18.7. The molecule has 0 aliphatic carbocycles. The number of rotatable bonds is 6. The van der Waals surface area contributed by atoms with E-state index in [9.17, 15) is 18.0 Å². The summed E-state index contributed by atoms with van der Waals surface area (Å²) in [4.78, 5) is 36.5. The summed E-state index contributed by atoms with van der Waals surface area (Å²) in [6.07, 6.45) is 1.41. The second kappa shape index (κ2) is 10.4. The number of carbonyl (C=O) groups is 2. The van der Waals surface area contributed by atoms with E-state index in [4.69, 9.17) is 16.0 Å². The summed E-state index contributed by atoms with van der Waals surface area (Å²) in [6.45, 7) is 1.83. The molecule has 2 fully saturated rings. The molecule has 2 aromatic heterocycles. The van der Waals surface area contributed by atoms with Gasteiger partial charge in [0.2, 0.25) is 0 Å². The summed E-state index contributed by atoms with van der Waals surface area (Å²) in [5.41, 5.74) is 1.46. The van der Waals surface area contributed by atoms with E-state index in [0.29, 0.717) is 47.5 Å². The number of likely N-dealkylation sites (N-methyl/N-ethyl adjacent to an activating group) is 1. The fraction of sp³-hybridized carbons (Fsp3) is 0.458. The van der Waals surface area contributed by atoms with Gasteiger partial charge in [-0.15, -0.1) is 0 Å². The molecule has 0 spiro atoms. The average Bonchev–Trinajstić information content (AvgIpc) is 3.64. The number of sulfonamides is 1. The number of benzene rings is 1. The Bertz CT molecular complexity index is 1540. The van der Waals surface area contributed by atoms with Crippen LogP contribution in [0.4, 0.5) is 4.79 Å². The van der Waals surface area contributed by atoms with Crippen LogP contribution in [-0.4, -0.2) is 89.1 Å². The maximum Gasteiger partial charge on any atom is 0.310 e. The molecule has 5 heterocycles. The normalized spacial score (nSPS) is 22.8. The molecule has 15 heteroatoms. The molecule has 2 unspecified atom stereocenters. The zero-order chi connectivity index (χ0) is 27.3. The fourth-order valence-electron chi connectivity index (χ4n) is 5.27. The highest BCUT2D eigenvalue weighted by Crippen LogP contribution is 2.28. The van der Waals surface area contributed by atoms with Crippen molar-refractivity contribution in [2.45, 2.75) is 43.0 Å². The number of carbonyl (C=O) groups excluding carboxylic acids is 2. The van der Waals surface area contributed by atoms with Crippen molar-refractivity contribution in [3.05, 3.63) is 46.6 Å². The lowest BCUT2D eigenvalue weighted by molar-refractivity contribution is 0.0501. The number of amides is 2. The molecule has 0 radical (unpaired) electrons. The molecular formula is C24H28ClN7O5S2. The number of H-pyrrole nitrogens is 1. The van der Waals surface area contributed by atoms with E-state index in [1.165, 1.54) is 4.31 Å². The van der Waals surface area contributed by atoms with Gasteiger partial charge in [0.25, 0.3) is 21.2 Å². The third-order valence-corrected chi connectivity index (χ3v) is 10.1. The number of aromatic nitrogens is 2. The number of hydrogen-bond donors (Lipinski definition) is 3. The highest BCUT2D eigenvalue weighted by atomic mass is 35.5. The lowest BCUT2D eigenvalue weighted by Crippen LogP contribution is -2.56. The highest BCUT2D eigenvalue weighted by Gasteiger charge is 2.39. The first-order valence-corrected chi connectivity index (χ1v) is 15.3. The van der Waals surface area contributed by atoms with Crippen molar-refractivity contribution in [2.75, 3.05) is 33.2 Å². The Morgan fingerprint density at radius 3 is 2.87 bits per heavy atom. The third-order valence-electron chi connectivity index (χ3n) is 7.36. The number of hydrogen-bond acceptors (Lipinski definition) is 9. The second-order valence-corrected chi connectivity index (χ2v) is 13.2. The Morgan fingerprint density at radius 1 is 1.23 bits per heavy atom. The maximum atomic E-state index is 13.7. The SMILES string of the molecule is CN1CCc2nc(C(=O)N3CCN(S(=O)(=O)c4cc5cc(Cl)ccc5[nH]4)CC3CCC3NSC(=O)N3)oc2C1. The number of fused-ring (bicyclic) bond motifs is 2. The Morgan fingerprint density at radius 2 is 2.08 bits per heavy atom. The van der Waals surface area contributed by atoms with E-state index >= 15 is 0 Å². The van der Waals surface area contributed by atoms with Crippen LogP contribution in [0.15, 0.2) is 33.7 Å². The van der Waals surface area contributed by atoms with Crippen LogP contribution in [0.2, 0.25) is 5.02 Å². The van der Waals surface area contributed by atoms with Crippen LogP contribution in [0.3, 0.4) is 0 Å². The smallest absolute Gasteiger partial charge is 0.310 e. The van der Waals surface area contributed by atoms with Crippen molar-refractivity contribution in [3.63, 3.8) is 0 Å². The quantitative estimate of drug-likeness (QED) is 0.367. The minimum Gasteiger partial charge on any atom is -0.436 e. The molecule has 3 aliphatic rings. The number of halogens is 1. The van der Waals surface area contributed by atoms with Gasteiger partial charge < -0.3 is 19.6 Å².